The summed E-state index contributed by atoms with van der Waals surface area (Å²) in [5, 5.41) is 9.75. The Bertz CT molecular complexity index is 113. The molecule has 0 saturated carbocycles. The fraction of sp³-hybridized carbons (Fsp3) is 1.00. The number of hydrogen-bond acceptors (Lipinski definition) is 2. The van der Waals surface area contributed by atoms with Crippen molar-refractivity contribution < 1.29 is 9.84 Å². The van der Waals surface area contributed by atoms with Crippen molar-refractivity contribution in [2.45, 2.75) is 52.7 Å². The molecule has 0 aliphatic rings. The number of hydrogen-bond donors (Lipinski definition) is 1. The van der Waals surface area contributed by atoms with Gasteiger partial charge in [0.2, 0.25) is 0 Å². The summed E-state index contributed by atoms with van der Waals surface area (Å²) < 4.78 is 5.57. The summed E-state index contributed by atoms with van der Waals surface area (Å²) in [4.78, 5) is 0. The molecule has 0 aromatic heterocycles. The van der Waals surface area contributed by atoms with Crippen LogP contribution in [0.5, 0.6) is 0 Å². The van der Waals surface area contributed by atoms with E-state index in [0.29, 0.717) is 5.92 Å². The van der Waals surface area contributed by atoms with E-state index in [0.717, 1.165) is 13.0 Å². The molecule has 0 radical (unpaired) electrons. The van der Waals surface area contributed by atoms with Crippen LogP contribution in [-0.4, -0.2) is 23.4 Å². The zero-order valence-corrected chi connectivity index (χ0v) is 8.92. The zero-order chi connectivity index (χ0) is 9.78. The Kier molecular flexibility index (Phi) is 4.80. The second kappa shape index (κ2) is 4.83. The van der Waals surface area contributed by atoms with Crippen LogP contribution >= 0.6 is 0 Å². The Hall–Kier alpha value is -0.0800. The Labute approximate surface area is 75.9 Å². The highest BCUT2D eigenvalue weighted by atomic mass is 16.5. The van der Waals surface area contributed by atoms with Gasteiger partial charge in [0, 0.05) is 6.61 Å². The number of aliphatic hydroxyl groups is 1. The molecule has 0 aliphatic heterocycles. The second-order valence-electron chi connectivity index (χ2n) is 4.19. The van der Waals surface area contributed by atoms with Crippen LogP contribution in [0.15, 0.2) is 0 Å². The van der Waals surface area contributed by atoms with Gasteiger partial charge in [0.15, 0.2) is 0 Å². The van der Waals surface area contributed by atoms with Gasteiger partial charge in [0.1, 0.15) is 0 Å². The van der Waals surface area contributed by atoms with Gasteiger partial charge in [0.05, 0.1) is 11.7 Å². The Morgan fingerprint density at radius 2 is 1.83 bits per heavy atom. The summed E-state index contributed by atoms with van der Waals surface area (Å²) in [6.45, 7) is 10.5. The molecule has 0 bridgehead atoms. The van der Waals surface area contributed by atoms with Crippen LogP contribution < -0.4 is 0 Å². The molecule has 0 aliphatic carbocycles. The standard InChI is InChI=1S/C10H22O2/c1-6-7-12-9(8(2)3)10(4,5)11/h8-9,11H,6-7H2,1-5H3/t9-/m1/s1. The lowest BCUT2D eigenvalue weighted by Gasteiger charge is -2.32. The Morgan fingerprint density at radius 1 is 1.33 bits per heavy atom. The Morgan fingerprint density at radius 3 is 2.08 bits per heavy atom. The average Bonchev–Trinajstić information content (AvgIpc) is 1.84. The van der Waals surface area contributed by atoms with Crippen molar-refractivity contribution in [2.24, 2.45) is 5.92 Å². The third-order valence-corrected chi connectivity index (χ3v) is 1.80. The summed E-state index contributed by atoms with van der Waals surface area (Å²) in [6.07, 6.45) is 0.941. The smallest absolute Gasteiger partial charge is 0.0879 e. The molecule has 0 saturated heterocycles. The minimum absolute atomic E-state index is 0.0579. The van der Waals surface area contributed by atoms with Crippen molar-refractivity contribution in [1.82, 2.24) is 0 Å². The van der Waals surface area contributed by atoms with Gasteiger partial charge >= 0.3 is 0 Å². The number of rotatable bonds is 5. The molecular weight excluding hydrogens is 152 g/mol. The zero-order valence-electron chi connectivity index (χ0n) is 8.92. The van der Waals surface area contributed by atoms with Crippen LogP contribution in [0.25, 0.3) is 0 Å². The second-order valence-corrected chi connectivity index (χ2v) is 4.19. The summed E-state index contributed by atoms with van der Waals surface area (Å²) in [5.74, 6) is 0.358. The first kappa shape index (κ1) is 11.9. The molecule has 12 heavy (non-hydrogen) atoms. The summed E-state index contributed by atoms with van der Waals surface area (Å²) in [6, 6.07) is 0. The van der Waals surface area contributed by atoms with Gasteiger partial charge in [-0.1, -0.05) is 20.8 Å². The first-order valence-corrected chi connectivity index (χ1v) is 4.73. The van der Waals surface area contributed by atoms with Crippen molar-refractivity contribution in [2.75, 3.05) is 6.61 Å². The molecule has 0 rings (SSSR count). The first-order chi connectivity index (χ1) is 5.39. The maximum Gasteiger partial charge on any atom is 0.0879 e. The fourth-order valence-corrected chi connectivity index (χ4v) is 1.46. The van der Waals surface area contributed by atoms with E-state index in [1.165, 1.54) is 0 Å². The van der Waals surface area contributed by atoms with E-state index in [1.54, 1.807) is 13.8 Å². The summed E-state index contributed by atoms with van der Waals surface area (Å²) >= 11 is 0. The predicted octanol–water partition coefficient (Wildman–Crippen LogP) is 2.21. The quantitative estimate of drug-likeness (QED) is 0.692. The topological polar surface area (TPSA) is 29.5 Å². The van der Waals surface area contributed by atoms with Gasteiger partial charge < -0.3 is 9.84 Å². The molecule has 2 heteroatoms. The van der Waals surface area contributed by atoms with E-state index in [2.05, 4.69) is 20.8 Å². The van der Waals surface area contributed by atoms with Crippen LogP contribution in [0.2, 0.25) is 0 Å². The average molecular weight is 174 g/mol. The Balaban J connectivity index is 4.05. The van der Waals surface area contributed by atoms with E-state index < -0.39 is 5.60 Å². The highest BCUT2D eigenvalue weighted by Gasteiger charge is 2.29. The van der Waals surface area contributed by atoms with Crippen molar-refractivity contribution in [3.63, 3.8) is 0 Å². The van der Waals surface area contributed by atoms with Crippen LogP contribution in [0.4, 0.5) is 0 Å². The largest absolute Gasteiger partial charge is 0.388 e. The minimum atomic E-state index is -0.733. The molecule has 0 aromatic carbocycles. The predicted molar refractivity (Wildman–Crippen MR) is 51.2 cm³/mol. The van der Waals surface area contributed by atoms with Crippen LogP contribution in [0, 0.1) is 5.92 Å². The fourth-order valence-electron chi connectivity index (χ4n) is 1.46. The highest BCUT2D eigenvalue weighted by Crippen LogP contribution is 2.20. The highest BCUT2D eigenvalue weighted by molar-refractivity contribution is 4.80. The van der Waals surface area contributed by atoms with Crippen molar-refractivity contribution in [1.29, 1.82) is 0 Å². The maximum atomic E-state index is 9.75. The van der Waals surface area contributed by atoms with Crippen LogP contribution in [0.1, 0.15) is 41.0 Å². The van der Waals surface area contributed by atoms with E-state index in [9.17, 15) is 5.11 Å². The molecule has 1 N–H and O–H groups in total. The van der Waals surface area contributed by atoms with E-state index in [1.807, 2.05) is 0 Å². The summed E-state index contributed by atoms with van der Waals surface area (Å²) in [7, 11) is 0. The molecule has 0 fully saturated rings. The lowest BCUT2D eigenvalue weighted by atomic mass is 9.92. The van der Waals surface area contributed by atoms with Gasteiger partial charge in [-0.2, -0.15) is 0 Å². The van der Waals surface area contributed by atoms with Crippen LogP contribution in [-0.2, 0) is 4.74 Å². The third-order valence-electron chi connectivity index (χ3n) is 1.80. The van der Waals surface area contributed by atoms with Gasteiger partial charge in [-0.05, 0) is 26.2 Å². The van der Waals surface area contributed by atoms with Gasteiger partial charge in [-0.3, -0.25) is 0 Å². The van der Waals surface area contributed by atoms with E-state index >= 15 is 0 Å². The van der Waals surface area contributed by atoms with E-state index in [-0.39, 0.29) is 6.10 Å². The molecule has 0 aromatic rings. The van der Waals surface area contributed by atoms with Crippen molar-refractivity contribution in [3.8, 4) is 0 Å². The van der Waals surface area contributed by atoms with Gasteiger partial charge in [0.25, 0.3) is 0 Å². The monoisotopic (exact) mass is 174 g/mol. The first-order valence-electron chi connectivity index (χ1n) is 4.73. The van der Waals surface area contributed by atoms with E-state index in [4.69, 9.17) is 4.74 Å². The molecule has 0 heterocycles. The maximum absolute atomic E-state index is 9.75. The lowest BCUT2D eigenvalue weighted by Crippen LogP contribution is -2.42. The molecule has 0 unspecified atom stereocenters. The van der Waals surface area contributed by atoms with Crippen molar-refractivity contribution in [3.05, 3.63) is 0 Å². The normalized spacial score (nSPS) is 15.2. The van der Waals surface area contributed by atoms with Crippen LogP contribution in [0.3, 0.4) is 0 Å². The number of ether oxygens (including phenoxy) is 1. The van der Waals surface area contributed by atoms with Crippen molar-refractivity contribution >= 4 is 0 Å². The molecule has 1 atom stereocenters. The van der Waals surface area contributed by atoms with Gasteiger partial charge in [-0.15, -0.1) is 0 Å². The molecule has 2 nitrogen and oxygen atoms in total. The molecular formula is C10H22O2. The minimum Gasteiger partial charge on any atom is -0.388 e. The SMILES string of the molecule is CCCO[C@H](C(C)C)C(C)(C)O. The third kappa shape index (κ3) is 4.07. The lowest BCUT2D eigenvalue weighted by molar-refractivity contribution is -0.108. The summed E-state index contributed by atoms with van der Waals surface area (Å²) in [5.41, 5.74) is -0.733. The molecule has 0 spiro atoms. The molecule has 74 valence electrons. The molecule has 0 amide bonds. The van der Waals surface area contributed by atoms with Gasteiger partial charge in [-0.25, -0.2) is 0 Å².